The Kier molecular flexibility index (Phi) is 4.72. The molecule has 2 rings (SSSR count). The van der Waals surface area contributed by atoms with E-state index in [2.05, 4.69) is 62.3 Å². The predicted octanol–water partition coefficient (Wildman–Crippen LogP) is 4.35. The summed E-state index contributed by atoms with van der Waals surface area (Å²) < 4.78 is 0. The third-order valence-corrected chi connectivity index (χ3v) is 4.46. The highest BCUT2D eigenvalue weighted by atomic mass is 32.1. The van der Waals surface area contributed by atoms with Gasteiger partial charge in [0.05, 0.1) is 5.69 Å². The highest BCUT2D eigenvalue weighted by Crippen LogP contribution is 2.29. The number of nitrogens with zero attached hydrogens (tertiary/aromatic N) is 1. The van der Waals surface area contributed by atoms with E-state index in [0.29, 0.717) is 5.92 Å². The predicted molar refractivity (Wildman–Crippen MR) is 83.8 cm³/mol. The molecular weight excluding hydrogens is 252 g/mol. The average molecular weight is 274 g/mol. The largest absolute Gasteiger partial charge is 0.312 e. The Morgan fingerprint density at radius 1 is 1.21 bits per heavy atom. The topological polar surface area (TPSA) is 24.9 Å². The zero-order valence-electron chi connectivity index (χ0n) is 12.2. The lowest BCUT2D eigenvalue weighted by molar-refractivity contribution is 0.731. The van der Waals surface area contributed by atoms with Crippen molar-refractivity contribution in [2.45, 2.75) is 40.2 Å². The molecule has 0 saturated carbocycles. The highest BCUT2D eigenvalue weighted by Gasteiger charge is 2.09. The molecule has 0 unspecified atom stereocenters. The van der Waals surface area contributed by atoms with E-state index in [1.54, 1.807) is 11.3 Å². The minimum atomic E-state index is 0.580. The molecule has 1 aromatic heterocycles. The second-order valence-electron chi connectivity index (χ2n) is 5.08. The molecule has 0 atom stereocenters. The molecule has 0 radical (unpaired) electrons. The van der Waals surface area contributed by atoms with Gasteiger partial charge in [0.1, 0.15) is 5.01 Å². The van der Waals surface area contributed by atoms with Crippen molar-refractivity contribution >= 4 is 11.3 Å². The summed E-state index contributed by atoms with van der Waals surface area (Å²) in [6.45, 7) is 10.6. The first-order valence-corrected chi connectivity index (χ1v) is 7.70. The van der Waals surface area contributed by atoms with E-state index in [-0.39, 0.29) is 0 Å². The molecule has 19 heavy (non-hydrogen) atoms. The van der Waals surface area contributed by atoms with Gasteiger partial charge in [-0.15, -0.1) is 11.3 Å². The Hall–Kier alpha value is -1.19. The van der Waals surface area contributed by atoms with Gasteiger partial charge in [0.2, 0.25) is 0 Å². The first-order chi connectivity index (χ1) is 9.11. The number of hydrogen-bond acceptors (Lipinski definition) is 3. The van der Waals surface area contributed by atoms with E-state index in [4.69, 9.17) is 0 Å². The fourth-order valence-corrected chi connectivity index (χ4v) is 3.00. The first kappa shape index (κ1) is 14.2. The normalized spacial score (nSPS) is 11.2. The van der Waals surface area contributed by atoms with Crippen LogP contribution in [0.25, 0.3) is 10.6 Å². The lowest BCUT2D eigenvalue weighted by Gasteiger charge is -2.05. The summed E-state index contributed by atoms with van der Waals surface area (Å²) in [4.78, 5) is 6.02. The van der Waals surface area contributed by atoms with E-state index < -0.39 is 0 Å². The van der Waals surface area contributed by atoms with Crippen LogP contribution in [0.15, 0.2) is 24.3 Å². The van der Waals surface area contributed by atoms with Gasteiger partial charge in [-0.2, -0.15) is 0 Å². The molecule has 3 heteroatoms. The lowest BCUT2D eigenvalue weighted by Crippen LogP contribution is -2.11. The molecule has 0 fully saturated rings. The minimum absolute atomic E-state index is 0.580. The summed E-state index contributed by atoms with van der Waals surface area (Å²) in [5, 5.41) is 4.49. The molecule has 1 aromatic carbocycles. The molecule has 0 aliphatic rings. The summed E-state index contributed by atoms with van der Waals surface area (Å²) in [6.07, 6.45) is 0. The van der Waals surface area contributed by atoms with Crippen LogP contribution < -0.4 is 5.32 Å². The summed E-state index contributed by atoms with van der Waals surface area (Å²) >= 11 is 1.79. The summed E-state index contributed by atoms with van der Waals surface area (Å²) in [5.41, 5.74) is 3.75. The second-order valence-corrected chi connectivity index (χ2v) is 6.17. The monoisotopic (exact) mass is 274 g/mol. The van der Waals surface area contributed by atoms with Crippen molar-refractivity contribution in [2.24, 2.45) is 0 Å². The maximum absolute atomic E-state index is 4.69. The van der Waals surface area contributed by atoms with Crippen LogP contribution in [0.5, 0.6) is 0 Å². The van der Waals surface area contributed by atoms with Crippen molar-refractivity contribution in [2.75, 3.05) is 6.54 Å². The van der Waals surface area contributed by atoms with E-state index >= 15 is 0 Å². The van der Waals surface area contributed by atoms with E-state index in [1.807, 2.05) is 0 Å². The van der Waals surface area contributed by atoms with Crippen molar-refractivity contribution in [1.82, 2.24) is 10.3 Å². The number of rotatable bonds is 5. The van der Waals surface area contributed by atoms with Gasteiger partial charge >= 0.3 is 0 Å². The molecule has 0 aliphatic carbocycles. The number of benzene rings is 1. The molecule has 0 saturated heterocycles. The third-order valence-electron chi connectivity index (χ3n) is 3.25. The Bertz CT molecular complexity index is 526. The number of aromatic nitrogens is 1. The zero-order valence-corrected chi connectivity index (χ0v) is 13.0. The van der Waals surface area contributed by atoms with Gasteiger partial charge in [0.25, 0.3) is 0 Å². The van der Waals surface area contributed by atoms with Gasteiger partial charge in [-0.25, -0.2) is 4.98 Å². The molecular formula is C16H22N2S. The Balaban J connectivity index is 2.21. The Morgan fingerprint density at radius 2 is 1.89 bits per heavy atom. The van der Waals surface area contributed by atoms with Gasteiger partial charge < -0.3 is 5.32 Å². The van der Waals surface area contributed by atoms with Gasteiger partial charge in [-0.05, 0) is 24.9 Å². The Labute approximate surface area is 119 Å². The number of nitrogens with one attached hydrogen (secondary N) is 1. The molecule has 102 valence electrons. The highest BCUT2D eigenvalue weighted by molar-refractivity contribution is 7.15. The van der Waals surface area contributed by atoms with Crippen LogP contribution >= 0.6 is 11.3 Å². The Morgan fingerprint density at radius 3 is 2.47 bits per heavy atom. The summed E-state index contributed by atoms with van der Waals surface area (Å²) in [7, 11) is 0. The molecule has 0 aliphatic heterocycles. The van der Waals surface area contributed by atoms with E-state index in [1.165, 1.54) is 16.0 Å². The number of hydrogen-bond donors (Lipinski definition) is 1. The molecule has 2 nitrogen and oxygen atoms in total. The van der Waals surface area contributed by atoms with Crippen molar-refractivity contribution < 1.29 is 0 Å². The fourth-order valence-electron chi connectivity index (χ4n) is 1.96. The van der Waals surface area contributed by atoms with Crippen LogP contribution in [-0.4, -0.2) is 11.5 Å². The second kappa shape index (κ2) is 6.31. The van der Waals surface area contributed by atoms with Gasteiger partial charge in [-0.1, -0.05) is 45.0 Å². The standard InChI is InChI=1S/C16H22N2S/c1-5-17-10-15-12(4)18-16(19-15)14-8-6-13(7-9-14)11(2)3/h6-9,11,17H,5,10H2,1-4H3. The van der Waals surface area contributed by atoms with Crippen LogP contribution in [0.3, 0.4) is 0 Å². The van der Waals surface area contributed by atoms with Gasteiger partial charge in [-0.3, -0.25) is 0 Å². The molecule has 2 aromatic rings. The van der Waals surface area contributed by atoms with Crippen molar-refractivity contribution in [3.63, 3.8) is 0 Å². The SMILES string of the molecule is CCNCc1sc(-c2ccc(C(C)C)cc2)nc1C. The molecule has 1 N–H and O–H groups in total. The van der Waals surface area contributed by atoms with Crippen molar-refractivity contribution in [1.29, 1.82) is 0 Å². The minimum Gasteiger partial charge on any atom is -0.312 e. The zero-order chi connectivity index (χ0) is 13.8. The van der Waals surface area contributed by atoms with Crippen LogP contribution in [0.4, 0.5) is 0 Å². The van der Waals surface area contributed by atoms with E-state index in [9.17, 15) is 0 Å². The summed E-state index contributed by atoms with van der Waals surface area (Å²) in [6, 6.07) is 8.79. The molecule has 0 amide bonds. The summed E-state index contributed by atoms with van der Waals surface area (Å²) in [5.74, 6) is 0.580. The smallest absolute Gasteiger partial charge is 0.123 e. The molecule has 0 spiro atoms. The maximum Gasteiger partial charge on any atom is 0.123 e. The number of thiazole rings is 1. The van der Waals surface area contributed by atoms with Crippen molar-refractivity contribution in [3.8, 4) is 10.6 Å². The quantitative estimate of drug-likeness (QED) is 0.876. The third kappa shape index (κ3) is 3.43. The van der Waals surface area contributed by atoms with Crippen LogP contribution in [0.1, 0.15) is 42.8 Å². The van der Waals surface area contributed by atoms with Crippen LogP contribution in [0.2, 0.25) is 0 Å². The van der Waals surface area contributed by atoms with Gasteiger partial charge in [0, 0.05) is 17.0 Å². The molecule has 0 bridgehead atoms. The first-order valence-electron chi connectivity index (χ1n) is 6.89. The fraction of sp³-hybridized carbons (Fsp3) is 0.438. The molecule has 1 heterocycles. The van der Waals surface area contributed by atoms with Crippen molar-refractivity contribution in [3.05, 3.63) is 40.4 Å². The lowest BCUT2D eigenvalue weighted by atomic mass is 10.0. The van der Waals surface area contributed by atoms with Crippen LogP contribution in [-0.2, 0) is 6.54 Å². The average Bonchev–Trinajstić information content (AvgIpc) is 2.78. The number of aryl methyl sites for hydroxylation is 1. The van der Waals surface area contributed by atoms with Crippen LogP contribution in [0, 0.1) is 6.92 Å². The maximum atomic E-state index is 4.69. The van der Waals surface area contributed by atoms with E-state index in [0.717, 1.165) is 23.8 Å². The van der Waals surface area contributed by atoms with Gasteiger partial charge in [0.15, 0.2) is 0 Å².